The highest BCUT2D eigenvalue weighted by atomic mass is 16.2. The summed E-state index contributed by atoms with van der Waals surface area (Å²) in [5.74, 6) is -1.42. The van der Waals surface area contributed by atoms with Crippen LogP contribution >= 0.6 is 0 Å². The van der Waals surface area contributed by atoms with Crippen LogP contribution < -0.4 is 5.32 Å². The third-order valence-corrected chi connectivity index (χ3v) is 3.66. The maximum atomic E-state index is 12.0. The van der Waals surface area contributed by atoms with Gasteiger partial charge in [-0.25, -0.2) is 0 Å². The van der Waals surface area contributed by atoms with E-state index in [1.165, 1.54) is 0 Å². The summed E-state index contributed by atoms with van der Waals surface area (Å²) in [5.41, 5.74) is 0. The Bertz CT molecular complexity index is 386. The van der Waals surface area contributed by atoms with Gasteiger partial charge in [0.15, 0.2) is 0 Å². The summed E-state index contributed by atoms with van der Waals surface area (Å²) in [4.78, 5) is 46.1. The van der Waals surface area contributed by atoms with Gasteiger partial charge in [0.05, 0.1) is 5.92 Å². The van der Waals surface area contributed by atoms with Crippen LogP contribution in [-0.4, -0.2) is 23.4 Å². The Morgan fingerprint density at radius 3 is 2.39 bits per heavy atom. The highest BCUT2D eigenvalue weighted by Crippen LogP contribution is 2.26. The molecule has 0 spiro atoms. The number of ketones is 2. The average molecular weight is 251 g/mol. The monoisotopic (exact) mass is 251 g/mol. The number of carbonyl (C=O) groups is 4. The molecule has 1 aliphatic heterocycles. The number of nitrogens with one attached hydrogen (secondary N) is 1. The van der Waals surface area contributed by atoms with E-state index in [0.29, 0.717) is 12.8 Å². The van der Waals surface area contributed by atoms with Crippen molar-refractivity contribution in [3.63, 3.8) is 0 Å². The van der Waals surface area contributed by atoms with Crippen LogP contribution in [0.4, 0.5) is 0 Å². The van der Waals surface area contributed by atoms with Crippen molar-refractivity contribution in [2.75, 3.05) is 0 Å². The van der Waals surface area contributed by atoms with Crippen LogP contribution in [0.15, 0.2) is 0 Å². The summed E-state index contributed by atoms with van der Waals surface area (Å²) in [5, 5.41) is 2.21. The van der Waals surface area contributed by atoms with E-state index in [4.69, 9.17) is 0 Å². The second-order valence-electron chi connectivity index (χ2n) is 5.18. The standard InChI is InChI=1S/C13H17NO4/c15-10-4-2-1-3-9(10)11(16)5-8-6-12(17)14-13(18)7-8/h8-9H,1-7H2,(H,14,17,18)/t9-/m1/s1. The van der Waals surface area contributed by atoms with Crippen molar-refractivity contribution in [1.82, 2.24) is 5.32 Å². The fourth-order valence-electron chi connectivity index (χ4n) is 2.75. The molecule has 98 valence electrons. The molecule has 0 aromatic heterocycles. The maximum absolute atomic E-state index is 12.0. The van der Waals surface area contributed by atoms with Gasteiger partial charge in [-0.2, -0.15) is 0 Å². The van der Waals surface area contributed by atoms with Crippen LogP contribution in [0.3, 0.4) is 0 Å². The second-order valence-corrected chi connectivity index (χ2v) is 5.18. The number of carbonyl (C=O) groups excluding carboxylic acids is 4. The molecule has 1 N–H and O–H groups in total. The molecule has 2 rings (SSSR count). The number of Topliss-reactive ketones (excluding diaryl/α,β-unsaturated/α-hetero) is 2. The Labute approximate surface area is 105 Å². The van der Waals surface area contributed by atoms with E-state index in [9.17, 15) is 19.2 Å². The van der Waals surface area contributed by atoms with Crippen molar-refractivity contribution < 1.29 is 19.2 Å². The van der Waals surface area contributed by atoms with Crippen LogP contribution in [0, 0.1) is 11.8 Å². The summed E-state index contributed by atoms with van der Waals surface area (Å²) in [7, 11) is 0. The highest BCUT2D eigenvalue weighted by molar-refractivity contribution is 6.03. The highest BCUT2D eigenvalue weighted by Gasteiger charge is 2.33. The molecule has 1 aliphatic carbocycles. The van der Waals surface area contributed by atoms with Crippen molar-refractivity contribution in [3.8, 4) is 0 Å². The molecule has 1 saturated heterocycles. The molecular formula is C13H17NO4. The number of piperidine rings is 1. The van der Waals surface area contributed by atoms with Crippen molar-refractivity contribution in [1.29, 1.82) is 0 Å². The molecule has 0 bridgehead atoms. The smallest absolute Gasteiger partial charge is 0.226 e. The zero-order valence-corrected chi connectivity index (χ0v) is 10.2. The third kappa shape index (κ3) is 3.03. The Hall–Kier alpha value is -1.52. The van der Waals surface area contributed by atoms with E-state index < -0.39 is 5.92 Å². The van der Waals surface area contributed by atoms with Gasteiger partial charge < -0.3 is 0 Å². The first-order chi connectivity index (χ1) is 8.56. The average Bonchev–Trinajstić information content (AvgIpc) is 2.27. The Morgan fingerprint density at radius 1 is 1.11 bits per heavy atom. The molecule has 5 nitrogen and oxygen atoms in total. The van der Waals surface area contributed by atoms with E-state index in [1.807, 2.05) is 0 Å². The zero-order chi connectivity index (χ0) is 13.1. The Kier molecular flexibility index (Phi) is 3.89. The molecule has 0 aromatic rings. The van der Waals surface area contributed by atoms with Gasteiger partial charge in [-0.1, -0.05) is 6.42 Å². The summed E-state index contributed by atoms with van der Waals surface area (Å²) in [6.45, 7) is 0. The van der Waals surface area contributed by atoms with E-state index in [2.05, 4.69) is 5.32 Å². The normalized spacial score (nSPS) is 26.0. The lowest BCUT2D eigenvalue weighted by Crippen LogP contribution is -2.40. The van der Waals surface area contributed by atoms with Gasteiger partial charge in [0.1, 0.15) is 11.6 Å². The molecular weight excluding hydrogens is 234 g/mol. The molecule has 18 heavy (non-hydrogen) atoms. The van der Waals surface area contributed by atoms with Gasteiger partial charge >= 0.3 is 0 Å². The lowest BCUT2D eigenvalue weighted by molar-refractivity contribution is -0.136. The van der Waals surface area contributed by atoms with Crippen LogP contribution in [0.5, 0.6) is 0 Å². The van der Waals surface area contributed by atoms with Gasteiger partial charge in [-0.15, -0.1) is 0 Å². The largest absolute Gasteiger partial charge is 0.299 e. The molecule has 1 saturated carbocycles. The van der Waals surface area contributed by atoms with Gasteiger partial charge in [-0.3, -0.25) is 24.5 Å². The van der Waals surface area contributed by atoms with E-state index in [1.54, 1.807) is 0 Å². The van der Waals surface area contributed by atoms with Crippen molar-refractivity contribution in [2.24, 2.45) is 11.8 Å². The first kappa shape index (κ1) is 12.9. The van der Waals surface area contributed by atoms with E-state index in [-0.39, 0.29) is 48.6 Å². The summed E-state index contributed by atoms with van der Waals surface area (Å²) < 4.78 is 0. The van der Waals surface area contributed by atoms with Crippen molar-refractivity contribution in [2.45, 2.75) is 44.9 Å². The topological polar surface area (TPSA) is 80.3 Å². The zero-order valence-electron chi connectivity index (χ0n) is 10.2. The predicted octanol–water partition coefficient (Wildman–Crippen LogP) is 0.758. The molecule has 1 atom stereocenters. The minimum atomic E-state index is -0.487. The molecule has 2 fully saturated rings. The third-order valence-electron chi connectivity index (χ3n) is 3.66. The molecule has 5 heteroatoms. The Balaban J connectivity index is 1.92. The van der Waals surface area contributed by atoms with Crippen molar-refractivity contribution in [3.05, 3.63) is 0 Å². The Morgan fingerprint density at radius 2 is 1.78 bits per heavy atom. The number of hydrogen-bond acceptors (Lipinski definition) is 4. The lowest BCUT2D eigenvalue weighted by atomic mass is 9.80. The molecule has 2 aliphatic rings. The quantitative estimate of drug-likeness (QED) is 0.593. The second kappa shape index (κ2) is 5.42. The fraction of sp³-hybridized carbons (Fsp3) is 0.692. The number of rotatable bonds is 3. The van der Waals surface area contributed by atoms with Gasteiger partial charge in [0.25, 0.3) is 0 Å². The molecule has 1 heterocycles. The minimum Gasteiger partial charge on any atom is -0.299 e. The maximum Gasteiger partial charge on any atom is 0.226 e. The summed E-state index contributed by atoms with van der Waals surface area (Å²) in [6.07, 6.45) is 3.48. The molecule has 0 unspecified atom stereocenters. The van der Waals surface area contributed by atoms with Gasteiger partial charge in [0.2, 0.25) is 11.8 Å². The first-order valence-electron chi connectivity index (χ1n) is 6.44. The van der Waals surface area contributed by atoms with Gasteiger partial charge in [-0.05, 0) is 18.8 Å². The van der Waals surface area contributed by atoms with Crippen LogP contribution in [0.1, 0.15) is 44.9 Å². The summed E-state index contributed by atoms with van der Waals surface area (Å²) >= 11 is 0. The van der Waals surface area contributed by atoms with Gasteiger partial charge in [0, 0.05) is 25.7 Å². The van der Waals surface area contributed by atoms with E-state index in [0.717, 1.165) is 12.8 Å². The van der Waals surface area contributed by atoms with Crippen LogP contribution in [-0.2, 0) is 19.2 Å². The molecule has 2 amide bonds. The van der Waals surface area contributed by atoms with Crippen LogP contribution in [0.2, 0.25) is 0 Å². The molecule has 0 aromatic carbocycles. The van der Waals surface area contributed by atoms with Crippen LogP contribution in [0.25, 0.3) is 0 Å². The van der Waals surface area contributed by atoms with Crippen molar-refractivity contribution >= 4 is 23.4 Å². The molecule has 0 radical (unpaired) electrons. The fourth-order valence-corrected chi connectivity index (χ4v) is 2.75. The van der Waals surface area contributed by atoms with E-state index >= 15 is 0 Å². The minimum absolute atomic E-state index is 0.0258. The SMILES string of the molecule is O=C1CC(CC(=O)[C@@H]2CCCCC2=O)CC(=O)N1. The number of hydrogen-bond donors (Lipinski definition) is 1. The lowest BCUT2D eigenvalue weighted by Gasteiger charge is -2.24. The summed E-state index contributed by atoms with van der Waals surface area (Å²) in [6, 6.07) is 0. The number of imide groups is 1. The number of amides is 2. The first-order valence-corrected chi connectivity index (χ1v) is 6.44. The predicted molar refractivity (Wildman–Crippen MR) is 62.5 cm³/mol.